The Morgan fingerprint density at radius 3 is 2.73 bits per heavy atom. The van der Waals surface area contributed by atoms with Gasteiger partial charge in [0, 0.05) is 35.8 Å². The lowest BCUT2D eigenvalue weighted by Gasteiger charge is -2.17. The maximum atomic E-state index is 15.6. The van der Waals surface area contributed by atoms with E-state index < -0.39 is 11.7 Å². The summed E-state index contributed by atoms with van der Waals surface area (Å²) in [4.78, 5) is 27.1. The number of carbonyl (C=O) groups excluding carboxylic acids is 1. The first-order valence-corrected chi connectivity index (χ1v) is 12.7. The molecule has 41 heavy (non-hydrogen) atoms. The summed E-state index contributed by atoms with van der Waals surface area (Å²) in [6, 6.07) is 10.1. The molecule has 3 aromatic heterocycles. The average molecular weight is 555 g/mol. The van der Waals surface area contributed by atoms with Crippen molar-refractivity contribution in [1.82, 2.24) is 29.5 Å². The minimum Gasteiger partial charge on any atom is -0.490 e. The van der Waals surface area contributed by atoms with Gasteiger partial charge in [-0.15, -0.1) is 0 Å². The first-order chi connectivity index (χ1) is 19.8. The predicted octanol–water partition coefficient (Wildman–Crippen LogP) is 4.56. The van der Waals surface area contributed by atoms with Gasteiger partial charge in [-0.05, 0) is 58.1 Å². The van der Waals surface area contributed by atoms with Gasteiger partial charge in [-0.3, -0.25) is 4.79 Å². The van der Waals surface area contributed by atoms with Crippen molar-refractivity contribution in [3.05, 3.63) is 66.6 Å². The van der Waals surface area contributed by atoms with E-state index in [1.54, 1.807) is 61.0 Å². The van der Waals surface area contributed by atoms with Crippen molar-refractivity contribution in [2.24, 2.45) is 0 Å². The molecule has 3 heterocycles. The summed E-state index contributed by atoms with van der Waals surface area (Å²) in [6.45, 7) is 4.27. The number of nitrogens with zero attached hydrogens (tertiary/aromatic N) is 6. The van der Waals surface area contributed by atoms with Gasteiger partial charge in [0.05, 0.1) is 16.9 Å². The molecule has 11 nitrogen and oxygen atoms in total. The zero-order valence-electron chi connectivity index (χ0n) is 22.9. The van der Waals surface area contributed by atoms with Gasteiger partial charge in [0.1, 0.15) is 42.3 Å². The van der Waals surface area contributed by atoms with Crippen LogP contribution in [0.5, 0.6) is 17.2 Å². The van der Waals surface area contributed by atoms with E-state index in [4.69, 9.17) is 9.47 Å². The summed E-state index contributed by atoms with van der Waals surface area (Å²) < 4.78 is 29.0. The molecule has 0 atom stereocenters. The molecule has 5 aromatic rings. The molecule has 208 valence electrons. The van der Waals surface area contributed by atoms with Crippen molar-refractivity contribution in [2.75, 3.05) is 37.9 Å². The number of anilines is 3. The Hall–Kier alpha value is -5.28. The number of fused-ring (bicyclic) bond motifs is 2. The van der Waals surface area contributed by atoms with Gasteiger partial charge in [-0.1, -0.05) is 5.92 Å². The van der Waals surface area contributed by atoms with Gasteiger partial charge in [-0.25, -0.2) is 23.9 Å². The highest BCUT2D eigenvalue weighted by Gasteiger charge is 2.17. The second-order valence-electron chi connectivity index (χ2n) is 9.27. The van der Waals surface area contributed by atoms with Crippen LogP contribution < -0.4 is 20.1 Å². The summed E-state index contributed by atoms with van der Waals surface area (Å²) in [5.74, 6) is 5.68. The van der Waals surface area contributed by atoms with Crippen LogP contribution >= 0.6 is 0 Å². The SMILES string of the molecule is CC#CC(=O)Nc1cc2c(Nc3ccc(Oc4ccn5ncnc5c4)c(C)c3F)ncnc2cc1OCCN(C)C. The molecular weight excluding hydrogens is 527 g/mol. The number of hydrogen-bond acceptors (Lipinski definition) is 9. The minimum atomic E-state index is -0.506. The molecule has 0 spiro atoms. The smallest absolute Gasteiger partial charge is 0.300 e. The number of nitrogens with one attached hydrogen (secondary N) is 2. The van der Waals surface area contributed by atoms with Crippen LogP contribution in [-0.4, -0.2) is 62.6 Å². The molecule has 2 aromatic carbocycles. The average Bonchev–Trinajstić information content (AvgIpc) is 3.41. The third kappa shape index (κ3) is 6.15. The van der Waals surface area contributed by atoms with Gasteiger partial charge in [0.2, 0.25) is 0 Å². The maximum Gasteiger partial charge on any atom is 0.300 e. The Morgan fingerprint density at radius 1 is 1.07 bits per heavy atom. The zero-order valence-corrected chi connectivity index (χ0v) is 22.9. The van der Waals surface area contributed by atoms with Crippen LogP contribution in [0.15, 0.2) is 55.2 Å². The highest BCUT2D eigenvalue weighted by atomic mass is 19.1. The molecule has 0 aliphatic carbocycles. The van der Waals surface area contributed by atoms with Gasteiger partial charge in [0.25, 0.3) is 5.91 Å². The number of ether oxygens (including phenoxy) is 2. The Bertz CT molecular complexity index is 1810. The fourth-order valence-electron chi connectivity index (χ4n) is 3.99. The summed E-state index contributed by atoms with van der Waals surface area (Å²) in [7, 11) is 3.87. The van der Waals surface area contributed by atoms with Gasteiger partial charge < -0.3 is 25.0 Å². The molecule has 0 saturated carbocycles. The number of carbonyl (C=O) groups is 1. The standard InChI is InChI=1S/C29H27FN8O3/c1-5-6-27(39)35-23-14-20-22(15-25(23)40-12-11-37(3)4)31-16-33-29(20)36-21-7-8-24(18(2)28(21)30)41-19-9-10-38-26(13-19)32-17-34-38/h7-10,13-17H,11-12H2,1-4H3,(H,35,39)(H,31,33,36). The third-order valence-electron chi connectivity index (χ3n) is 6.09. The number of aromatic nitrogens is 5. The van der Waals surface area contributed by atoms with E-state index in [-0.39, 0.29) is 5.69 Å². The highest BCUT2D eigenvalue weighted by molar-refractivity contribution is 6.06. The lowest BCUT2D eigenvalue weighted by Crippen LogP contribution is -2.20. The van der Waals surface area contributed by atoms with Crippen molar-refractivity contribution in [3.8, 4) is 29.1 Å². The summed E-state index contributed by atoms with van der Waals surface area (Å²) in [5.41, 5.74) is 2.04. The second-order valence-corrected chi connectivity index (χ2v) is 9.27. The van der Waals surface area contributed by atoms with Crippen molar-refractivity contribution in [1.29, 1.82) is 0 Å². The molecule has 1 amide bonds. The summed E-state index contributed by atoms with van der Waals surface area (Å²) in [6.07, 6.45) is 4.53. The quantitative estimate of drug-likeness (QED) is 0.253. The van der Waals surface area contributed by atoms with Crippen LogP contribution in [0.2, 0.25) is 0 Å². The van der Waals surface area contributed by atoms with Crippen molar-refractivity contribution < 1.29 is 18.7 Å². The van der Waals surface area contributed by atoms with Gasteiger partial charge in [-0.2, -0.15) is 5.10 Å². The maximum absolute atomic E-state index is 15.6. The van der Waals surface area contributed by atoms with E-state index in [1.807, 2.05) is 19.0 Å². The lowest BCUT2D eigenvalue weighted by atomic mass is 10.1. The number of likely N-dealkylation sites (N-methyl/N-ethyl adjacent to an activating group) is 1. The van der Waals surface area contributed by atoms with E-state index in [0.717, 1.165) is 0 Å². The zero-order chi connectivity index (χ0) is 28.9. The topological polar surface area (TPSA) is 119 Å². The lowest BCUT2D eigenvalue weighted by molar-refractivity contribution is -0.111. The van der Waals surface area contributed by atoms with Crippen molar-refractivity contribution >= 4 is 39.6 Å². The van der Waals surface area contributed by atoms with Crippen molar-refractivity contribution in [3.63, 3.8) is 0 Å². The third-order valence-corrected chi connectivity index (χ3v) is 6.09. The first kappa shape index (κ1) is 27.3. The molecule has 0 fully saturated rings. The number of rotatable bonds is 9. The number of pyridine rings is 1. The molecule has 12 heteroatoms. The Balaban J connectivity index is 1.45. The van der Waals surface area contributed by atoms with Gasteiger partial charge in [0.15, 0.2) is 11.5 Å². The molecule has 0 radical (unpaired) electrons. The van der Waals surface area contributed by atoms with Crippen molar-refractivity contribution in [2.45, 2.75) is 13.8 Å². The molecule has 0 aliphatic rings. The molecule has 2 N–H and O–H groups in total. The molecule has 0 saturated heterocycles. The van der Waals surface area contributed by atoms with E-state index in [1.165, 1.54) is 12.7 Å². The summed E-state index contributed by atoms with van der Waals surface area (Å²) >= 11 is 0. The normalized spacial score (nSPS) is 10.9. The van der Waals surface area contributed by atoms with Crippen LogP contribution in [-0.2, 0) is 4.79 Å². The predicted molar refractivity (Wildman–Crippen MR) is 153 cm³/mol. The van der Waals surface area contributed by atoms with Crippen LogP contribution in [0.4, 0.5) is 21.6 Å². The molecule has 0 aliphatic heterocycles. The van der Waals surface area contributed by atoms with E-state index >= 15 is 4.39 Å². The Kier molecular flexibility index (Phi) is 7.89. The highest BCUT2D eigenvalue weighted by Crippen LogP contribution is 2.36. The monoisotopic (exact) mass is 554 g/mol. The molecule has 0 bridgehead atoms. The largest absolute Gasteiger partial charge is 0.490 e. The van der Waals surface area contributed by atoms with Crippen LogP contribution in [0, 0.1) is 24.6 Å². The molecule has 0 unspecified atom stereocenters. The first-order valence-electron chi connectivity index (χ1n) is 12.7. The number of hydrogen-bond donors (Lipinski definition) is 2. The number of amides is 1. The van der Waals surface area contributed by atoms with Crippen LogP contribution in [0.1, 0.15) is 12.5 Å². The molecular formula is C29H27FN8O3. The van der Waals surface area contributed by atoms with Crippen LogP contribution in [0.25, 0.3) is 16.6 Å². The van der Waals surface area contributed by atoms with E-state index in [2.05, 4.69) is 42.5 Å². The second kappa shape index (κ2) is 11.8. The van der Waals surface area contributed by atoms with E-state index in [0.29, 0.717) is 64.0 Å². The fraction of sp³-hybridized carbons (Fsp3) is 0.207. The Morgan fingerprint density at radius 2 is 1.93 bits per heavy atom. The fourth-order valence-corrected chi connectivity index (χ4v) is 3.99. The van der Waals surface area contributed by atoms with Crippen LogP contribution in [0.3, 0.4) is 0 Å². The minimum absolute atomic E-state index is 0.191. The Labute approximate surface area is 235 Å². The molecule has 5 rings (SSSR count). The number of halogens is 1. The summed E-state index contributed by atoms with van der Waals surface area (Å²) in [5, 5.41) is 10.4. The van der Waals surface area contributed by atoms with Gasteiger partial charge >= 0.3 is 0 Å². The number of benzene rings is 2. The van der Waals surface area contributed by atoms with E-state index in [9.17, 15) is 4.79 Å².